The van der Waals surface area contributed by atoms with E-state index in [1.54, 1.807) is 19.2 Å². The molecule has 1 amide bonds. The van der Waals surface area contributed by atoms with Crippen LogP contribution >= 0.6 is 0 Å². The van der Waals surface area contributed by atoms with Crippen LogP contribution in [0.2, 0.25) is 0 Å². The van der Waals surface area contributed by atoms with Gasteiger partial charge in [0.2, 0.25) is 5.91 Å². The molecule has 1 saturated heterocycles. The molecule has 1 unspecified atom stereocenters. The summed E-state index contributed by atoms with van der Waals surface area (Å²) >= 11 is 0. The normalized spacial score (nSPS) is 23.5. The maximum Gasteiger partial charge on any atom is 0.227 e. The zero-order valence-corrected chi connectivity index (χ0v) is 13.6. The molecule has 0 spiro atoms. The second kappa shape index (κ2) is 6.63. The molecule has 3 rings (SSSR count). The van der Waals surface area contributed by atoms with Crippen molar-refractivity contribution in [3.8, 4) is 5.75 Å². The van der Waals surface area contributed by atoms with Gasteiger partial charge in [-0.3, -0.25) is 4.79 Å². The molecule has 5 nitrogen and oxygen atoms in total. The van der Waals surface area contributed by atoms with E-state index in [1.807, 2.05) is 42.5 Å². The van der Waals surface area contributed by atoms with Gasteiger partial charge in [0.15, 0.2) is 5.72 Å². The molecule has 1 aliphatic rings. The number of amides is 1. The minimum atomic E-state index is -1.61. The van der Waals surface area contributed by atoms with Gasteiger partial charge in [0.1, 0.15) is 11.9 Å². The van der Waals surface area contributed by atoms with Crippen LogP contribution in [0.4, 0.5) is 0 Å². The highest BCUT2D eigenvalue weighted by atomic mass is 16.5. The molecule has 0 saturated carbocycles. The minimum absolute atomic E-state index is 0.0700. The van der Waals surface area contributed by atoms with Gasteiger partial charge in [-0.05, 0) is 23.3 Å². The fraction of sp³-hybridized carbons (Fsp3) is 0.316. The van der Waals surface area contributed by atoms with E-state index in [0.717, 1.165) is 16.9 Å². The Kier molecular flexibility index (Phi) is 4.55. The van der Waals surface area contributed by atoms with E-state index in [0.29, 0.717) is 0 Å². The zero-order valence-electron chi connectivity index (χ0n) is 13.6. The highest BCUT2D eigenvalue weighted by molar-refractivity contribution is 5.80. The van der Waals surface area contributed by atoms with Crippen LogP contribution in [0.5, 0.6) is 5.75 Å². The standard InChI is InChI=1S/C19H21NO4/c1-24-16-9-7-14(8-10-16)12-19(23)17(21)11-18(22)20(19)13-15-5-3-2-4-6-15/h2-10,17,21,23H,11-13H2,1H3/t17-,19?/m0/s1. The van der Waals surface area contributed by atoms with Crippen LogP contribution in [0.15, 0.2) is 54.6 Å². The SMILES string of the molecule is COc1ccc(CC2(O)[C@@H](O)CC(=O)N2Cc2ccccc2)cc1. The zero-order chi connectivity index (χ0) is 17.2. The molecule has 0 bridgehead atoms. The Morgan fingerprint density at radius 2 is 1.79 bits per heavy atom. The highest BCUT2D eigenvalue weighted by Crippen LogP contribution is 2.33. The van der Waals surface area contributed by atoms with E-state index in [2.05, 4.69) is 0 Å². The molecule has 0 aliphatic carbocycles. The van der Waals surface area contributed by atoms with Gasteiger partial charge in [-0.25, -0.2) is 0 Å². The first-order valence-corrected chi connectivity index (χ1v) is 7.90. The molecule has 2 N–H and O–H groups in total. The van der Waals surface area contributed by atoms with Crippen molar-refractivity contribution in [1.29, 1.82) is 0 Å². The average molecular weight is 327 g/mol. The second-order valence-corrected chi connectivity index (χ2v) is 6.09. The van der Waals surface area contributed by atoms with Crippen molar-refractivity contribution in [2.75, 3.05) is 7.11 Å². The number of rotatable bonds is 5. The Labute approximate surface area is 141 Å². The molecule has 1 aliphatic heterocycles. The van der Waals surface area contributed by atoms with E-state index in [1.165, 1.54) is 4.90 Å². The summed E-state index contributed by atoms with van der Waals surface area (Å²) in [5.74, 6) is 0.470. The number of carbonyl (C=O) groups is 1. The number of likely N-dealkylation sites (tertiary alicyclic amines) is 1. The Hall–Kier alpha value is -2.37. The summed E-state index contributed by atoms with van der Waals surface area (Å²) in [6, 6.07) is 16.7. The molecule has 5 heteroatoms. The van der Waals surface area contributed by atoms with Crippen molar-refractivity contribution in [2.45, 2.75) is 31.2 Å². The van der Waals surface area contributed by atoms with Crippen LogP contribution in [0, 0.1) is 0 Å². The third kappa shape index (κ3) is 3.13. The number of hydrogen-bond acceptors (Lipinski definition) is 4. The molecule has 0 aromatic heterocycles. The summed E-state index contributed by atoms with van der Waals surface area (Å²) < 4.78 is 5.13. The molecule has 2 aromatic carbocycles. The number of aliphatic hydroxyl groups is 2. The van der Waals surface area contributed by atoms with Crippen molar-refractivity contribution in [3.63, 3.8) is 0 Å². The van der Waals surface area contributed by atoms with E-state index in [4.69, 9.17) is 4.74 Å². The van der Waals surface area contributed by atoms with Crippen molar-refractivity contribution < 1.29 is 19.7 Å². The predicted octanol–water partition coefficient (Wildman–Crippen LogP) is 1.72. The quantitative estimate of drug-likeness (QED) is 0.877. The first-order chi connectivity index (χ1) is 11.5. The Morgan fingerprint density at radius 1 is 1.12 bits per heavy atom. The number of aliphatic hydroxyl groups excluding tert-OH is 1. The number of benzene rings is 2. The van der Waals surface area contributed by atoms with Crippen LogP contribution < -0.4 is 4.74 Å². The molecule has 2 aromatic rings. The van der Waals surface area contributed by atoms with Gasteiger partial charge in [-0.1, -0.05) is 42.5 Å². The fourth-order valence-corrected chi connectivity index (χ4v) is 3.08. The van der Waals surface area contributed by atoms with Crippen LogP contribution in [0.25, 0.3) is 0 Å². The van der Waals surface area contributed by atoms with Crippen molar-refractivity contribution in [2.24, 2.45) is 0 Å². The van der Waals surface area contributed by atoms with Crippen LogP contribution in [0.1, 0.15) is 17.5 Å². The molecule has 2 atom stereocenters. The number of methoxy groups -OCH3 is 1. The number of hydrogen-bond donors (Lipinski definition) is 2. The maximum atomic E-state index is 12.3. The lowest BCUT2D eigenvalue weighted by Crippen LogP contribution is -2.52. The predicted molar refractivity (Wildman–Crippen MR) is 89.3 cm³/mol. The monoisotopic (exact) mass is 327 g/mol. The molecule has 24 heavy (non-hydrogen) atoms. The molecule has 1 fully saturated rings. The Bertz CT molecular complexity index is 701. The molecular weight excluding hydrogens is 306 g/mol. The van der Waals surface area contributed by atoms with Gasteiger partial charge >= 0.3 is 0 Å². The summed E-state index contributed by atoms with van der Waals surface area (Å²) in [5.41, 5.74) is 0.125. The van der Waals surface area contributed by atoms with Crippen LogP contribution in [-0.4, -0.2) is 40.0 Å². The highest BCUT2D eigenvalue weighted by Gasteiger charge is 2.51. The Morgan fingerprint density at radius 3 is 2.42 bits per heavy atom. The maximum absolute atomic E-state index is 12.3. The van der Waals surface area contributed by atoms with Crippen LogP contribution in [0.3, 0.4) is 0 Å². The fourth-order valence-electron chi connectivity index (χ4n) is 3.08. The van der Waals surface area contributed by atoms with Crippen LogP contribution in [-0.2, 0) is 17.8 Å². The van der Waals surface area contributed by atoms with Crippen molar-refractivity contribution in [3.05, 3.63) is 65.7 Å². The van der Waals surface area contributed by atoms with Crippen molar-refractivity contribution >= 4 is 5.91 Å². The summed E-state index contributed by atoms with van der Waals surface area (Å²) in [5, 5.41) is 21.3. The molecule has 1 heterocycles. The van der Waals surface area contributed by atoms with Gasteiger partial charge in [0, 0.05) is 13.0 Å². The lowest BCUT2D eigenvalue weighted by atomic mass is 9.97. The average Bonchev–Trinajstić information content (AvgIpc) is 2.80. The van der Waals surface area contributed by atoms with Gasteiger partial charge in [-0.2, -0.15) is 0 Å². The largest absolute Gasteiger partial charge is 0.497 e. The molecular formula is C19H21NO4. The minimum Gasteiger partial charge on any atom is -0.497 e. The second-order valence-electron chi connectivity index (χ2n) is 6.09. The third-order valence-electron chi connectivity index (χ3n) is 4.48. The number of ether oxygens (including phenoxy) is 1. The number of carbonyl (C=O) groups excluding carboxylic acids is 1. The third-order valence-corrected chi connectivity index (χ3v) is 4.48. The lowest BCUT2D eigenvalue weighted by molar-refractivity contribution is -0.161. The molecule has 126 valence electrons. The summed E-state index contributed by atoms with van der Waals surface area (Å²) in [7, 11) is 1.59. The summed E-state index contributed by atoms with van der Waals surface area (Å²) in [6.45, 7) is 0.267. The van der Waals surface area contributed by atoms with E-state index in [-0.39, 0.29) is 25.3 Å². The van der Waals surface area contributed by atoms with E-state index >= 15 is 0 Å². The number of nitrogens with zero attached hydrogens (tertiary/aromatic N) is 1. The topological polar surface area (TPSA) is 70.0 Å². The van der Waals surface area contributed by atoms with Gasteiger partial charge in [0.25, 0.3) is 0 Å². The first kappa shape index (κ1) is 16.5. The van der Waals surface area contributed by atoms with Gasteiger partial charge in [-0.15, -0.1) is 0 Å². The van der Waals surface area contributed by atoms with Crippen molar-refractivity contribution in [1.82, 2.24) is 4.90 Å². The van der Waals surface area contributed by atoms with Gasteiger partial charge in [0.05, 0.1) is 13.5 Å². The molecule has 0 radical (unpaired) electrons. The first-order valence-electron chi connectivity index (χ1n) is 7.90. The van der Waals surface area contributed by atoms with E-state index < -0.39 is 11.8 Å². The lowest BCUT2D eigenvalue weighted by Gasteiger charge is -2.36. The van der Waals surface area contributed by atoms with E-state index in [9.17, 15) is 15.0 Å². The smallest absolute Gasteiger partial charge is 0.227 e. The van der Waals surface area contributed by atoms with Gasteiger partial charge < -0.3 is 19.8 Å². The summed E-state index contributed by atoms with van der Waals surface area (Å²) in [6.07, 6.45) is -1.02. The summed E-state index contributed by atoms with van der Waals surface area (Å²) in [4.78, 5) is 13.7. The Balaban J connectivity index is 1.84.